The molecule has 0 aliphatic carbocycles. The van der Waals surface area contributed by atoms with Crippen molar-refractivity contribution in [2.45, 2.75) is 30.0 Å². The Kier molecular flexibility index (Phi) is 6.22. The molecule has 0 spiro atoms. The van der Waals surface area contributed by atoms with Crippen LogP contribution in [0, 0.1) is 6.92 Å². The van der Waals surface area contributed by atoms with Gasteiger partial charge in [0, 0.05) is 26.2 Å². The Labute approximate surface area is 138 Å². The molecular weight excluding hydrogens is 376 g/mol. The minimum atomic E-state index is -3.46. The monoisotopic (exact) mass is 396 g/mol. The summed E-state index contributed by atoms with van der Waals surface area (Å²) in [5, 5.41) is 3.35. The van der Waals surface area contributed by atoms with Gasteiger partial charge in [-0.05, 0) is 53.9 Å². The zero-order chi connectivity index (χ0) is 15.5. The average molecular weight is 397 g/mol. The lowest BCUT2D eigenvalue weighted by molar-refractivity contribution is 0.176. The molecule has 0 saturated carbocycles. The molecule has 8 heteroatoms. The molecule has 0 bridgehead atoms. The largest absolute Gasteiger partial charge is 0.383 e. The van der Waals surface area contributed by atoms with Gasteiger partial charge in [-0.1, -0.05) is 0 Å². The third kappa shape index (κ3) is 4.27. The SMILES string of the molecule is COCCN(CC1CCCN1)S(=O)(=O)c1cc(C)c(Br)s1. The van der Waals surface area contributed by atoms with Crippen molar-refractivity contribution in [1.29, 1.82) is 0 Å². The number of methoxy groups -OCH3 is 1. The molecule has 1 aromatic heterocycles. The molecule has 2 heterocycles. The number of hydrogen-bond acceptors (Lipinski definition) is 5. The van der Waals surface area contributed by atoms with Gasteiger partial charge in [0.1, 0.15) is 4.21 Å². The van der Waals surface area contributed by atoms with Crippen LogP contribution in [0.25, 0.3) is 0 Å². The predicted molar refractivity (Wildman–Crippen MR) is 88.4 cm³/mol. The van der Waals surface area contributed by atoms with E-state index >= 15 is 0 Å². The second kappa shape index (κ2) is 7.52. The fourth-order valence-corrected chi connectivity index (χ4v) is 6.20. The summed E-state index contributed by atoms with van der Waals surface area (Å²) in [6.45, 7) is 4.15. The maximum atomic E-state index is 12.8. The molecule has 1 aliphatic heterocycles. The van der Waals surface area contributed by atoms with Crippen molar-refractivity contribution < 1.29 is 13.2 Å². The van der Waals surface area contributed by atoms with Crippen molar-refractivity contribution in [3.05, 3.63) is 15.4 Å². The molecule has 120 valence electrons. The first-order chi connectivity index (χ1) is 9.95. The van der Waals surface area contributed by atoms with E-state index in [0.29, 0.717) is 23.9 Å². The average Bonchev–Trinajstić information content (AvgIpc) is 3.05. The van der Waals surface area contributed by atoms with Gasteiger partial charge in [0.25, 0.3) is 10.0 Å². The summed E-state index contributed by atoms with van der Waals surface area (Å²) in [5.74, 6) is 0. The highest BCUT2D eigenvalue weighted by Gasteiger charge is 2.29. The zero-order valence-corrected chi connectivity index (χ0v) is 15.5. The van der Waals surface area contributed by atoms with E-state index in [1.165, 1.54) is 15.6 Å². The van der Waals surface area contributed by atoms with E-state index in [9.17, 15) is 8.42 Å². The first-order valence-corrected chi connectivity index (χ1v) is 9.98. The molecular formula is C13H21BrN2O3S2. The van der Waals surface area contributed by atoms with Crippen LogP contribution in [0.3, 0.4) is 0 Å². The molecule has 2 rings (SSSR count). The number of thiophene rings is 1. The van der Waals surface area contributed by atoms with Crippen LogP contribution < -0.4 is 5.32 Å². The number of halogens is 1. The van der Waals surface area contributed by atoms with E-state index in [0.717, 1.165) is 28.7 Å². The van der Waals surface area contributed by atoms with Gasteiger partial charge < -0.3 is 10.1 Å². The molecule has 21 heavy (non-hydrogen) atoms. The summed E-state index contributed by atoms with van der Waals surface area (Å²) in [4.78, 5) is 0. The first kappa shape index (κ1) is 17.4. The second-order valence-corrected chi connectivity index (χ2v) is 9.71. The Morgan fingerprint density at radius 2 is 2.33 bits per heavy atom. The van der Waals surface area contributed by atoms with E-state index in [4.69, 9.17) is 4.74 Å². The van der Waals surface area contributed by atoms with Crippen LogP contribution in [0.5, 0.6) is 0 Å². The number of aryl methyl sites for hydroxylation is 1. The quantitative estimate of drug-likeness (QED) is 0.767. The highest BCUT2D eigenvalue weighted by Crippen LogP contribution is 2.32. The summed E-state index contributed by atoms with van der Waals surface area (Å²) in [5.41, 5.74) is 0.948. The number of rotatable bonds is 7. The highest BCUT2D eigenvalue weighted by molar-refractivity contribution is 9.11. The summed E-state index contributed by atoms with van der Waals surface area (Å²) in [7, 11) is -1.87. The number of ether oxygens (including phenoxy) is 1. The maximum Gasteiger partial charge on any atom is 0.252 e. The Hall–Kier alpha value is 0.01000. The molecule has 1 atom stereocenters. The fourth-order valence-electron chi connectivity index (χ4n) is 2.35. The Morgan fingerprint density at radius 3 is 2.86 bits per heavy atom. The number of hydrogen-bond donors (Lipinski definition) is 1. The zero-order valence-electron chi connectivity index (χ0n) is 12.3. The predicted octanol–water partition coefficient (Wildman–Crippen LogP) is 2.21. The molecule has 1 unspecified atom stereocenters. The summed E-state index contributed by atoms with van der Waals surface area (Å²) in [6.07, 6.45) is 2.12. The molecule has 1 fully saturated rings. The Bertz CT molecular complexity index is 548. The molecule has 5 nitrogen and oxygen atoms in total. The van der Waals surface area contributed by atoms with Gasteiger partial charge in [0.2, 0.25) is 0 Å². The third-order valence-corrected chi connectivity index (χ3v) is 8.01. The lowest BCUT2D eigenvalue weighted by Gasteiger charge is -2.24. The molecule has 1 N–H and O–H groups in total. The van der Waals surface area contributed by atoms with E-state index in [1.807, 2.05) is 6.92 Å². The number of nitrogens with zero attached hydrogens (tertiary/aromatic N) is 1. The van der Waals surface area contributed by atoms with E-state index < -0.39 is 10.0 Å². The molecule has 0 radical (unpaired) electrons. The highest BCUT2D eigenvalue weighted by atomic mass is 79.9. The van der Waals surface area contributed by atoms with Gasteiger partial charge in [-0.15, -0.1) is 11.3 Å². The third-order valence-electron chi connectivity index (χ3n) is 3.56. The van der Waals surface area contributed by atoms with E-state index in [-0.39, 0.29) is 6.04 Å². The van der Waals surface area contributed by atoms with E-state index in [2.05, 4.69) is 21.2 Å². The van der Waals surface area contributed by atoms with Gasteiger partial charge in [-0.25, -0.2) is 8.42 Å². The van der Waals surface area contributed by atoms with Crippen molar-refractivity contribution in [2.75, 3.05) is 33.4 Å². The molecule has 0 aromatic carbocycles. The van der Waals surface area contributed by atoms with Crippen molar-refractivity contribution >= 4 is 37.3 Å². The summed E-state index contributed by atoms with van der Waals surface area (Å²) >= 11 is 4.66. The van der Waals surface area contributed by atoms with Gasteiger partial charge in [0.05, 0.1) is 10.4 Å². The smallest absolute Gasteiger partial charge is 0.252 e. The van der Waals surface area contributed by atoms with Crippen molar-refractivity contribution in [2.24, 2.45) is 0 Å². The standard InChI is InChI=1S/C13H21BrN2O3S2/c1-10-8-12(20-13(10)14)21(17,18)16(6-7-19-2)9-11-4-3-5-15-11/h8,11,15H,3-7,9H2,1-2H3. The minimum Gasteiger partial charge on any atom is -0.383 e. The van der Waals surface area contributed by atoms with Gasteiger partial charge in [0.15, 0.2) is 0 Å². The van der Waals surface area contributed by atoms with E-state index in [1.54, 1.807) is 13.2 Å². The Morgan fingerprint density at radius 1 is 1.57 bits per heavy atom. The van der Waals surface area contributed by atoms with Crippen molar-refractivity contribution in [3.8, 4) is 0 Å². The fraction of sp³-hybridized carbons (Fsp3) is 0.692. The summed E-state index contributed by atoms with van der Waals surface area (Å²) in [6, 6.07) is 1.97. The van der Waals surface area contributed by atoms with Crippen molar-refractivity contribution in [3.63, 3.8) is 0 Å². The maximum absolute atomic E-state index is 12.8. The Balaban J connectivity index is 2.20. The van der Waals surface area contributed by atoms with Gasteiger partial charge in [-0.2, -0.15) is 4.31 Å². The minimum absolute atomic E-state index is 0.237. The van der Waals surface area contributed by atoms with Crippen LogP contribution in [0.1, 0.15) is 18.4 Å². The van der Waals surface area contributed by atoms with Crippen LogP contribution in [0.15, 0.2) is 14.1 Å². The van der Waals surface area contributed by atoms with Crippen LogP contribution in [-0.2, 0) is 14.8 Å². The molecule has 0 amide bonds. The second-order valence-electron chi connectivity index (χ2n) is 5.17. The summed E-state index contributed by atoms with van der Waals surface area (Å²) < 4.78 is 33.5. The lowest BCUT2D eigenvalue weighted by atomic mass is 10.2. The topological polar surface area (TPSA) is 58.6 Å². The normalized spacial score (nSPS) is 19.5. The van der Waals surface area contributed by atoms with Crippen LogP contribution in [-0.4, -0.2) is 52.1 Å². The van der Waals surface area contributed by atoms with Crippen LogP contribution in [0.4, 0.5) is 0 Å². The lowest BCUT2D eigenvalue weighted by Crippen LogP contribution is -2.42. The van der Waals surface area contributed by atoms with Crippen LogP contribution in [0.2, 0.25) is 0 Å². The van der Waals surface area contributed by atoms with Crippen LogP contribution >= 0.6 is 27.3 Å². The first-order valence-electron chi connectivity index (χ1n) is 6.93. The van der Waals surface area contributed by atoms with Gasteiger partial charge in [-0.3, -0.25) is 0 Å². The molecule has 1 saturated heterocycles. The van der Waals surface area contributed by atoms with Crippen molar-refractivity contribution in [1.82, 2.24) is 9.62 Å². The number of nitrogens with one attached hydrogen (secondary N) is 1. The van der Waals surface area contributed by atoms with Gasteiger partial charge >= 0.3 is 0 Å². The number of sulfonamides is 1. The molecule has 1 aliphatic rings. The molecule has 1 aromatic rings.